The fourth-order valence-corrected chi connectivity index (χ4v) is 3.71. The molecule has 9 heteroatoms. The van der Waals surface area contributed by atoms with E-state index in [1.54, 1.807) is 24.3 Å². The molecule has 1 aliphatic rings. The molecular weight excluding hydrogens is 404 g/mol. The standard InChI is InChI=1S/C19H19ClN2O5S/c1-3-8-27-14(23)10-28-18-13(9-21)15(11-4-6-12(20)7-5-11)16(17(24)22-18)19(25)26-2/h4-7,15-16H,3,8,10H2,1-2H3,(H,22,24)/t15-,16-/m0/s1. The van der Waals surface area contributed by atoms with Crippen LogP contribution in [0.1, 0.15) is 24.8 Å². The molecule has 0 unspecified atom stereocenters. The van der Waals surface area contributed by atoms with Gasteiger partial charge in [0.1, 0.15) is 5.92 Å². The number of benzene rings is 1. The molecule has 1 heterocycles. The van der Waals surface area contributed by atoms with Crippen molar-refractivity contribution in [3.63, 3.8) is 0 Å². The molecule has 1 aliphatic heterocycles. The summed E-state index contributed by atoms with van der Waals surface area (Å²) in [6.07, 6.45) is 0.693. The van der Waals surface area contributed by atoms with Gasteiger partial charge in [-0.1, -0.05) is 42.4 Å². The first-order valence-electron chi connectivity index (χ1n) is 8.49. The van der Waals surface area contributed by atoms with Gasteiger partial charge in [0.15, 0.2) is 0 Å². The van der Waals surface area contributed by atoms with Crippen LogP contribution in [0.4, 0.5) is 0 Å². The topological polar surface area (TPSA) is 105 Å². The molecule has 0 spiro atoms. The Morgan fingerprint density at radius 3 is 2.57 bits per heavy atom. The van der Waals surface area contributed by atoms with Crippen molar-refractivity contribution in [1.29, 1.82) is 5.26 Å². The highest BCUT2D eigenvalue weighted by Gasteiger charge is 2.44. The van der Waals surface area contributed by atoms with Crippen molar-refractivity contribution in [2.45, 2.75) is 19.3 Å². The zero-order chi connectivity index (χ0) is 20.7. The Hall–Kier alpha value is -2.50. The van der Waals surface area contributed by atoms with Crippen LogP contribution in [-0.4, -0.2) is 37.3 Å². The summed E-state index contributed by atoms with van der Waals surface area (Å²) in [6.45, 7) is 2.18. The van der Waals surface area contributed by atoms with Crippen LogP contribution in [0.5, 0.6) is 0 Å². The summed E-state index contributed by atoms with van der Waals surface area (Å²) >= 11 is 6.91. The molecule has 0 aromatic heterocycles. The van der Waals surface area contributed by atoms with E-state index in [0.29, 0.717) is 23.6 Å². The first-order chi connectivity index (χ1) is 13.4. The third kappa shape index (κ3) is 5.06. The van der Waals surface area contributed by atoms with E-state index in [4.69, 9.17) is 21.1 Å². The number of rotatable bonds is 7. The normalized spacial score (nSPS) is 18.9. The van der Waals surface area contributed by atoms with E-state index >= 15 is 0 Å². The minimum atomic E-state index is -1.22. The molecule has 0 bridgehead atoms. The highest BCUT2D eigenvalue weighted by Crippen LogP contribution is 2.40. The second-order valence-corrected chi connectivity index (χ2v) is 7.31. The molecular formula is C19H19ClN2O5S. The largest absolute Gasteiger partial charge is 0.468 e. The number of carbonyl (C=O) groups excluding carboxylic acids is 3. The Bertz CT molecular complexity index is 832. The molecule has 1 amide bonds. The Kier molecular flexibility index (Phi) is 7.91. The van der Waals surface area contributed by atoms with E-state index in [9.17, 15) is 19.6 Å². The number of amides is 1. The zero-order valence-electron chi connectivity index (χ0n) is 15.4. The van der Waals surface area contributed by atoms with Crippen LogP contribution in [0.25, 0.3) is 0 Å². The van der Waals surface area contributed by atoms with Crippen LogP contribution in [0.2, 0.25) is 5.02 Å². The molecule has 2 rings (SSSR count). The molecule has 28 heavy (non-hydrogen) atoms. The molecule has 0 aliphatic carbocycles. The van der Waals surface area contributed by atoms with Gasteiger partial charge in [0, 0.05) is 10.9 Å². The summed E-state index contributed by atoms with van der Waals surface area (Å²) in [4.78, 5) is 36.7. The number of halogens is 1. The van der Waals surface area contributed by atoms with Crippen LogP contribution in [0.15, 0.2) is 34.9 Å². The van der Waals surface area contributed by atoms with Gasteiger partial charge in [-0.25, -0.2) is 0 Å². The number of allylic oxidation sites excluding steroid dienone is 1. The molecule has 1 aromatic carbocycles. The third-order valence-electron chi connectivity index (χ3n) is 4.01. The molecule has 0 radical (unpaired) electrons. The number of ether oxygens (including phenoxy) is 2. The van der Waals surface area contributed by atoms with E-state index in [1.165, 1.54) is 7.11 Å². The highest BCUT2D eigenvalue weighted by molar-refractivity contribution is 8.03. The first-order valence-corrected chi connectivity index (χ1v) is 9.86. The van der Waals surface area contributed by atoms with E-state index < -0.39 is 29.7 Å². The van der Waals surface area contributed by atoms with E-state index in [0.717, 1.165) is 11.8 Å². The lowest BCUT2D eigenvalue weighted by Crippen LogP contribution is -2.44. The molecule has 7 nitrogen and oxygen atoms in total. The lowest BCUT2D eigenvalue weighted by atomic mass is 9.78. The number of hydrogen-bond acceptors (Lipinski definition) is 7. The van der Waals surface area contributed by atoms with Gasteiger partial charge in [0.05, 0.1) is 36.1 Å². The SMILES string of the molecule is CCCOC(=O)CSC1=C(C#N)[C@H](c2ccc(Cl)cc2)[C@H](C(=O)OC)C(=O)N1. The summed E-state index contributed by atoms with van der Waals surface area (Å²) in [7, 11) is 1.18. The van der Waals surface area contributed by atoms with Gasteiger partial charge in [-0.2, -0.15) is 5.26 Å². The summed E-state index contributed by atoms with van der Waals surface area (Å²) in [5, 5.41) is 13.0. The minimum absolute atomic E-state index is 0.0724. The maximum Gasteiger partial charge on any atom is 0.319 e. The van der Waals surface area contributed by atoms with Crippen molar-refractivity contribution in [2.75, 3.05) is 19.5 Å². The van der Waals surface area contributed by atoms with Gasteiger partial charge in [-0.3, -0.25) is 14.4 Å². The average molecular weight is 423 g/mol. The maximum absolute atomic E-state index is 12.6. The Balaban J connectivity index is 2.41. The number of nitrogens with zero attached hydrogens (tertiary/aromatic N) is 1. The number of methoxy groups -OCH3 is 1. The number of nitriles is 1. The molecule has 0 fully saturated rings. The van der Waals surface area contributed by atoms with E-state index in [2.05, 4.69) is 11.4 Å². The Morgan fingerprint density at radius 2 is 2.00 bits per heavy atom. The summed E-state index contributed by atoms with van der Waals surface area (Å²) in [6, 6.07) is 8.59. The van der Waals surface area contributed by atoms with Gasteiger partial charge in [0.25, 0.3) is 0 Å². The fourth-order valence-electron chi connectivity index (χ4n) is 2.74. The van der Waals surface area contributed by atoms with Crippen molar-refractivity contribution >= 4 is 41.2 Å². The van der Waals surface area contributed by atoms with Crippen LogP contribution < -0.4 is 5.32 Å². The molecule has 2 atom stereocenters. The molecule has 1 N–H and O–H groups in total. The summed E-state index contributed by atoms with van der Waals surface area (Å²) in [5.74, 6) is -3.96. The summed E-state index contributed by atoms with van der Waals surface area (Å²) < 4.78 is 9.78. The molecule has 1 aromatic rings. The number of esters is 2. The predicted octanol–water partition coefficient (Wildman–Crippen LogP) is 2.76. The lowest BCUT2D eigenvalue weighted by Gasteiger charge is -2.30. The smallest absolute Gasteiger partial charge is 0.319 e. The predicted molar refractivity (Wildman–Crippen MR) is 104 cm³/mol. The van der Waals surface area contributed by atoms with Gasteiger partial charge in [-0.05, 0) is 24.1 Å². The Labute approximate surface area is 172 Å². The van der Waals surface area contributed by atoms with Crippen LogP contribution >= 0.6 is 23.4 Å². The monoisotopic (exact) mass is 422 g/mol. The van der Waals surface area contributed by atoms with Gasteiger partial charge in [0.2, 0.25) is 5.91 Å². The number of thioether (sulfide) groups is 1. The van der Waals surface area contributed by atoms with Crippen LogP contribution in [0.3, 0.4) is 0 Å². The lowest BCUT2D eigenvalue weighted by molar-refractivity contribution is -0.150. The van der Waals surface area contributed by atoms with Gasteiger partial charge < -0.3 is 14.8 Å². The second-order valence-electron chi connectivity index (χ2n) is 5.88. The molecule has 148 valence electrons. The number of hydrogen-bond donors (Lipinski definition) is 1. The van der Waals surface area contributed by atoms with Crippen molar-refractivity contribution in [3.05, 3.63) is 45.5 Å². The van der Waals surface area contributed by atoms with E-state index in [-0.39, 0.29) is 16.4 Å². The second kappa shape index (κ2) is 10.2. The average Bonchev–Trinajstić information content (AvgIpc) is 2.70. The number of carbonyl (C=O) groups is 3. The maximum atomic E-state index is 12.6. The highest BCUT2D eigenvalue weighted by atomic mass is 35.5. The molecule has 0 saturated heterocycles. The van der Waals surface area contributed by atoms with Crippen molar-refractivity contribution in [2.24, 2.45) is 5.92 Å². The van der Waals surface area contributed by atoms with Crippen molar-refractivity contribution in [3.8, 4) is 6.07 Å². The number of nitrogens with one attached hydrogen (secondary N) is 1. The van der Waals surface area contributed by atoms with Crippen LogP contribution in [-0.2, 0) is 23.9 Å². The quantitative estimate of drug-likeness (QED) is 0.532. The van der Waals surface area contributed by atoms with Crippen molar-refractivity contribution < 1.29 is 23.9 Å². The van der Waals surface area contributed by atoms with E-state index in [1.807, 2.05) is 6.92 Å². The molecule has 0 saturated carbocycles. The van der Waals surface area contributed by atoms with Gasteiger partial charge >= 0.3 is 11.9 Å². The Morgan fingerprint density at radius 1 is 1.32 bits per heavy atom. The first kappa shape index (κ1) is 21.8. The minimum Gasteiger partial charge on any atom is -0.468 e. The van der Waals surface area contributed by atoms with Crippen LogP contribution in [0, 0.1) is 17.2 Å². The fraction of sp³-hybridized carbons (Fsp3) is 0.368. The van der Waals surface area contributed by atoms with Crippen molar-refractivity contribution in [1.82, 2.24) is 5.32 Å². The van der Waals surface area contributed by atoms with Gasteiger partial charge in [-0.15, -0.1) is 0 Å². The third-order valence-corrected chi connectivity index (χ3v) is 5.26. The zero-order valence-corrected chi connectivity index (χ0v) is 16.9. The summed E-state index contributed by atoms with van der Waals surface area (Å²) in [5.41, 5.74) is 0.739.